The van der Waals surface area contributed by atoms with Gasteiger partial charge in [-0.25, -0.2) is 8.42 Å². The Morgan fingerprint density at radius 3 is 1.85 bits per heavy atom. The van der Waals surface area contributed by atoms with Crippen molar-refractivity contribution in [1.29, 1.82) is 0 Å². The maximum absolute atomic E-state index is 12.3. The highest BCUT2D eigenvalue weighted by Crippen LogP contribution is 2.40. The molecule has 80 valence electrons. The Morgan fingerprint density at radius 2 is 1.62 bits per heavy atom. The van der Waals surface area contributed by atoms with Crippen molar-refractivity contribution in [3.8, 4) is 0 Å². The van der Waals surface area contributed by atoms with Crippen LogP contribution in [0.5, 0.6) is 0 Å². The average Bonchev–Trinajstić information content (AvgIpc) is 1.84. The summed E-state index contributed by atoms with van der Waals surface area (Å²) in [5.74, 6) is -5.81. The highest BCUT2D eigenvalue weighted by molar-refractivity contribution is 7.86. The normalized spacial score (nSPS) is 14.6. The van der Waals surface area contributed by atoms with Gasteiger partial charge in [-0.2, -0.15) is 17.6 Å². The predicted molar refractivity (Wildman–Crippen MR) is 34.9 cm³/mol. The molecule has 0 unspecified atom stereocenters. The molecule has 0 rings (SSSR count). The van der Waals surface area contributed by atoms with Gasteiger partial charge in [0.15, 0.2) is 10.1 Å². The Morgan fingerprint density at radius 1 is 1.23 bits per heavy atom. The van der Waals surface area contributed by atoms with E-state index < -0.39 is 33.6 Å². The molecule has 0 aliphatic rings. The van der Waals surface area contributed by atoms with Crippen LogP contribution in [0.3, 0.4) is 0 Å². The number of halogens is 5. The van der Waals surface area contributed by atoms with Crippen LogP contribution in [0.4, 0.5) is 17.6 Å². The highest BCUT2D eigenvalue weighted by atomic mass is 35.5. The fourth-order valence-corrected chi connectivity index (χ4v) is 1.15. The van der Waals surface area contributed by atoms with E-state index in [4.69, 9.17) is 11.6 Å². The summed E-state index contributed by atoms with van der Waals surface area (Å²) in [7, 11) is -6.37. The van der Waals surface area contributed by atoms with E-state index in [9.17, 15) is 30.5 Å². The molecule has 0 aromatic rings. The second-order valence-electron chi connectivity index (χ2n) is 2.11. The third kappa shape index (κ3) is 2.44. The van der Waals surface area contributed by atoms with Gasteiger partial charge in [0, 0.05) is 12.3 Å². The summed E-state index contributed by atoms with van der Waals surface area (Å²) in [6.07, 6.45) is -1.58. The van der Waals surface area contributed by atoms with Crippen LogP contribution in [0.1, 0.15) is 6.42 Å². The van der Waals surface area contributed by atoms with Gasteiger partial charge in [0.1, 0.15) is 0 Å². The zero-order valence-electron chi connectivity index (χ0n) is 5.94. The van der Waals surface area contributed by atoms with Gasteiger partial charge < -0.3 is 4.55 Å². The van der Waals surface area contributed by atoms with E-state index in [-0.39, 0.29) is 0 Å². The maximum Gasteiger partial charge on any atom is 0.396 e. The summed E-state index contributed by atoms with van der Waals surface area (Å²) < 4.78 is 78.2. The number of hydrogen-bond acceptors (Lipinski definition) is 3. The Balaban J connectivity index is 5.04. The predicted octanol–water partition coefficient (Wildman–Crippen LogP) is 1.39. The quantitative estimate of drug-likeness (QED) is 0.426. The smallest absolute Gasteiger partial charge is 0.396 e. The van der Waals surface area contributed by atoms with Gasteiger partial charge in [-0.1, -0.05) is 0 Å². The first-order valence-electron chi connectivity index (χ1n) is 2.83. The molecule has 0 aromatic heterocycles. The van der Waals surface area contributed by atoms with Crippen LogP contribution in [0.2, 0.25) is 0 Å². The van der Waals surface area contributed by atoms with E-state index in [0.717, 1.165) is 0 Å². The third-order valence-electron chi connectivity index (χ3n) is 1.15. The van der Waals surface area contributed by atoms with Crippen molar-refractivity contribution >= 4 is 21.7 Å². The summed E-state index contributed by atoms with van der Waals surface area (Å²) in [5.41, 5.74) is 0. The minimum absolute atomic E-state index is 0.877. The summed E-state index contributed by atoms with van der Waals surface area (Å²) in [5, 5.41) is -5.62. The first-order chi connectivity index (χ1) is 5.56. The number of rotatable bonds is 4. The number of hydrogen-bond donors (Lipinski definition) is 0. The second-order valence-corrected chi connectivity index (χ2v) is 3.91. The second kappa shape index (κ2) is 3.58. The molecule has 0 spiro atoms. The van der Waals surface area contributed by atoms with Crippen LogP contribution in [-0.2, 0) is 10.1 Å². The van der Waals surface area contributed by atoms with Crippen LogP contribution >= 0.6 is 11.6 Å². The van der Waals surface area contributed by atoms with Crippen molar-refractivity contribution in [2.75, 3.05) is 5.88 Å². The van der Waals surface area contributed by atoms with Gasteiger partial charge in [0.2, 0.25) is 0 Å². The molecule has 0 aromatic carbocycles. The third-order valence-corrected chi connectivity index (χ3v) is 2.26. The maximum atomic E-state index is 12.3. The fraction of sp³-hybridized carbons (Fsp3) is 1.00. The molecule has 0 saturated carbocycles. The molecule has 0 fully saturated rings. The molecule has 0 amide bonds. The minimum Gasteiger partial charge on any atom is -0.743 e. The fourth-order valence-electron chi connectivity index (χ4n) is 0.447. The summed E-state index contributed by atoms with van der Waals surface area (Å²) in [6.45, 7) is 0. The van der Waals surface area contributed by atoms with Gasteiger partial charge in [-0.3, -0.25) is 0 Å². The van der Waals surface area contributed by atoms with E-state index in [0.29, 0.717) is 0 Å². The Labute approximate surface area is 76.4 Å². The van der Waals surface area contributed by atoms with Crippen molar-refractivity contribution in [2.24, 2.45) is 0 Å². The minimum atomic E-state index is -6.37. The Hall–Kier alpha value is -0.0800. The van der Waals surface area contributed by atoms with E-state index in [1.165, 1.54) is 0 Å². The average molecular weight is 244 g/mol. The van der Waals surface area contributed by atoms with Crippen LogP contribution < -0.4 is 0 Å². The summed E-state index contributed by atoms with van der Waals surface area (Å²) >= 11 is 4.73. The molecule has 13 heavy (non-hydrogen) atoms. The molecule has 0 heterocycles. The molecule has 0 atom stereocenters. The van der Waals surface area contributed by atoms with Gasteiger partial charge in [0.05, 0.1) is 0 Å². The summed E-state index contributed by atoms with van der Waals surface area (Å²) in [6, 6.07) is 0. The van der Waals surface area contributed by atoms with Crippen LogP contribution in [0.25, 0.3) is 0 Å². The zero-order valence-corrected chi connectivity index (χ0v) is 7.51. The van der Waals surface area contributed by atoms with Crippen molar-refractivity contribution in [1.82, 2.24) is 0 Å². The Kier molecular flexibility index (Phi) is 3.56. The van der Waals surface area contributed by atoms with Crippen LogP contribution in [0, 0.1) is 0 Å². The van der Waals surface area contributed by atoms with Crippen molar-refractivity contribution in [3.63, 3.8) is 0 Å². The lowest BCUT2D eigenvalue weighted by Gasteiger charge is -2.27. The van der Waals surface area contributed by atoms with Crippen LogP contribution in [-0.4, -0.2) is 30.0 Å². The lowest BCUT2D eigenvalue weighted by molar-refractivity contribution is -0.161. The molecule has 0 radical (unpaired) electrons. The van der Waals surface area contributed by atoms with Gasteiger partial charge in [0.25, 0.3) is 0 Å². The first-order valence-corrected chi connectivity index (χ1v) is 4.77. The van der Waals surface area contributed by atoms with Crippen molar-refractivity contribution in [3.05, 3.63) is 0 Å². The van der Waals surface area contributed by atoms with Crippen LogP contribution in [0.15, 0.2) is 0 Å². The Bertz CT molecular complexity index is 275. The molecule has 0 aliphatic heterocycles. The van der Waals surface area contributed by atoms with Crippen molar-refractivity contribution in [2.45, 2.75) is 17.6 Å². The number of alkyl halides is 5. The van der Waals surface area contributed by atoms with Crippen molar-refractivity contribution < 1.29 is 30.5 Å². The SMILES string of the molecule is O=S(=O)([O-])C(F)(F)C(F)(F)CCCl. The molecule has 3 nitrogen and oxygen atoms in total. The highest BCUT2D eigenvalue weighted by Gasteiger charge is 2.60. The first kappa shape index (κ1) is 12.9. The molecular weight excluding hydrogens is 240 g/mol. The van der Waals surface area contributed by atoms with Gasteiger partial charge >= 0.3 is 11.2 Å². The van der Waals surface area contributed by atoms with Gasteiger partial charge in [-0.05, 0) is 0 Å². The van der Waals surface area contributed by atoms with E-state index >= 15 is 0 Å². The topological polar surface area (TPSA) is 57.2 Å². The van der Waals surface area contributed by atoms with E-state index in [1.807, 2.05) is 0 Å². The van der Waals surface area contributed by atoms with E-state index in [1.54, 1.807) is 0 Å². The molecule has 0 N–H and O–H groups in total. The zero-order chi connectivity index (χ0) is 10.9. The lowest BCUT2D eigenvalue weighted by Crippen LogP contribution is -2.47. The van der Waals surface area contributed by atoms with E-state index in [2.05, 4.69) is 0 Å². The largest absolute Gasteiger partial charge is 0.743 e. The lowest BCUT2D eigenvalue weighted by atomic mass is 10.3. The molecular formula is C4H4ClF4O3S-. The molecule has 0 bridgehead atoms. The standard InChI is InChI=1S/C4H5ClF4O3S/c5-2-1-3(6,7)4(8,9)13(10,11)12/h1-2H2,(H,10,11,12)/p-1. The monoisotopic (exact) mass is 243 g/mol. The molecule has 9 heteroatoms. The molecule has 0 aliphatic carbocycles. The summed E-state index contributed by atoms with van der Waals surface area (Å²) in [4.78, 5) is 0. The van der Waals surface area contributed by atoms with Gasteiger partial charge in [-0.15, -0.1) is 11.6 Å². The molecule has 0 saturated heterocycles.